The highest BCUT2D eigenvalue weighted by Crippen LogP contribution is 2.28. The van der Waals surface area contributed by atoms with Crippen LogP contribution in [0, 0.1) is 0 Å². The summed E-state index contributed by atoms with van der Waals surface area (Å²) in [5.41, 5.74) is -0.449. The van der Waals surface area contributed by atoms with E-state index in [1.807, 2.05) is 13.8 Å². The number of hydrogen-bond acceptors (Lipinski definition) is 2. The average Bonchev–Trinajstić information content (AvgIpc) is 1.86. The molecule has 0 amide bonds. The molecule has 74 valence electrons. The Morgan fingerprint density at radius 2 is 1.00 bits per heavy atom. The van der Waals surface area contributed by atoms with Gasteiger partial charge in [0.25, 0.3) is 0 Å². The smallest absolute Gasteiger partial charge is 0.0909 e. The van der Waals surface area contributed by atoms with Crippen molar-refractivity contribution in [2.45, 2.75) is 52.7 Å². The van der Waals surface area contributed by atoms with E-state index in [2.05, 4.69) is 27.7 Å². The molecule has 0 fully saturated rings. The molecule has 0 spiro atoms. The van der Waals surface area contributed by atoms with Gasteiger partial charge in [0.15, 0.2) is 0 Å². The van der Waals surface area contributed by atoms with Crippen LogP contribution in [0.2, 0.25) is 0 Å². The Labute approximate surface area is 76.3 Å². The second kappa shape index (κ2) is 4.24. The minimum Gasteiger partial charge on any atom is -0.373 e. The standard InChI is InChI=1S/C10H22O2/c1-7-11-9(3,4)10(5,6)12-8-2/h7-8H2,1-6H3. The average molecular weight is 174 g/mol. The van der Waals surface area contributed by atoms with Crippen LogP contribution < -0.4 is 0 Å². The van der Waals surface area contributed by atoms with E-state index in [1.165, 1.54) is 0 Å². The highest BCUT2D eigenvalue weighted by Gasteiger charge is 2.38. The Morgan fingerprint density at radius 3 is 1.17 bits per heavy atom. The fourth-order valence-electron chi connectivity index (χ4n) is 1.07. The quantitative estimate of drug-likeness (QED) is 0.638. The second-order valence-corrected chi connectivity index (χ2v) is 3.89. The van der Waals surface area contributed by atoms with Crippen molar-refractivity contribution in [3.05, 3.63) is 0 Å². The van der Waals surface area contributed by atoms with Crippen LogP contribution in [0.5, 0.6) is 0 Å². The molecule has 0 aromatic heterocycles. The monoisotopic (exact) mass is 174 g/mol. The molecule has 0 aromatic carbocycles. The van der Waals surface area contributed by atoms with E-state index < -0.39 is 0 Å². The van der Waals surface area contributed by atoms with E-state index in [0.717, 1.165) is 13.2 Å². The summed E-state index contributed by atoms with van der Waals surface area (Å²) in [5.74, 6) is 0. The first-order valence-electron chi connectivity index (χ1n) is 4.65. The Kier molecular flexibility index (Phi) is 4.21. The highest BCUT2D eigenvalue weighted by atomic mass is 16.6. The van der Waals surface area contributed by atoms with Gasteiger partial charge in [-0.3, -0.25) is 0 Å². The first-order chi connectivity index (χ1) is 5.37. The van der Waals surface area contributed by atoms with Crippen molar-refractivity contribution in [1.29, 1.82) is 0 Å². The van der Waals surface area contributed by atoms with E-state index in [-0.39, 0.29) is 11.2 Å². The molecule has 0 aliphatic carbocycles. The van der Waals surface area contributed by atoms with Crippen molar-refractivity contribution in [2.75, 3.05) is 13.2 Å². The zero-order valence-corrected chi connectivity index (χ0v) is 9.23. The van der Waals surface area contributed by atoms with Gasteiger partial charge in [-0.15, -0.1) is 0 Å². The van der Waals surface area contributed by atoms with Gasteiger partial charge < -0.3 is 9.47 Å². The number of hydrogen-bond donors (Lipinski definition) is 0. The van der Waals surface area contributed by atoms with Crippen LogP contribution in [0.3, 0.4) is 0 Å². The predicted molar refractivity (Wildman–Crippen MR) is 51.4 cm³/mol. The molecule has 0 aliphatic rings. The summed E-state index contributed by atoms with van der Waals surface area (Å²) in [4.78, 5) is 0. The third kappa shape index (κ3) is 2.76. The fraction of sp³-hybridized carbons (Fsp3) is 1.00. The molecule has 0 aliphatic heterocycles. The van der Waals surface area contributed by atoms with Gasteiger partial charge >= 0.3 is 0 Å². The van der Waals surface area contributed by atoms with Gasteiger partial charge in [0.05, 0.1) is 11.2 Å². The molecule has 0 saturated heterocycles. The molecule has 0 rings (SSSR count). The third-order valence-electron chi connectivity index (χ3n) is 2.46. The Bertz CT molecular complexity index is 112. The van der Waals surface area contributed by atoms with E-state index >= 15 is 0 Å². The molecule has 2 heteroatoms. The van der Waals surface area contributed by atoms with Crippen LogP contribution in [0.1, 0.15) is 41.5 Å². The van der Waals surface area contributed by atoms with Crippen LogP contribution in [-0.2, 0) is 9.47 Å². The maximum absolute atomic E-state index is 5.62. The Hall–Kier alpha value is -0.0800. The van der Waals surface area contributed by atoms with Gasteiger partial charge in [0.1, 0.15) is 0 Å². The molecule has 2 nitrogen and oxygen atoms in total. The summed E-state index contributed by atoms with van der Waals surface area (Å²) in [5, 5.41) is 0. The van der Waals surface area contributed by atoms with Crippen molar-refractivity contribution in [2.24, 2.45) is 0 Å². The number of ether oxygens (including phenoxy) is 2. The molecule has 12 heavy (non-hydrogen) atoms. The van der Waals surface area contributed by atoms with Crippen molar-refractivity contribution in [3.63, 3.8) is 0 Å². The molecule has 0 heterocycles. The molecule has 0 aromatic rings. The van der Waals surface area contributed by atoms with Crippen LogP contribution in [0.4, 0.5) is 0 Å². The molecular weight excluding hydrogens is 152 g/mol. The number of rotatable bonds is 5. The zero-order valence-electron chi connectivity index (χ0n) is 9.23. The van der Waals surface area contributed by atoms with Crippen LogP contribution in [0.25, 0.3) is 0 Å². The highest BCUT2D eigenvalue weighted by molar-refractivity contribution is 4.89. The molecule has 0 atom stereocenters. The van der Waals surface area contributed by atoms with E-state index in [9.17, 15) is 0 Å². The Morgan fingerprint density at radius 1 is 0.750 bits per heavy atom. The largest absolute Gasteiger partial charge is 0.373 e. The molecule has 0 saturated carbocycles. The molecule has 0 unspecified atom stereocenters. The van der Waals surface area contributed by atoms with E-state index in [4.69, 9.17) is 9.47 Å². The van der Waals surface area contributed by atoms with E-state index in [0.29, 0.717) is 0 Å². The van der Waals surface area contributed by atoms with Crippen LogP contribution >= 0.6 is 0 Å². The van der Waals surface area contributed by atoms with Crippen LogP contribution in [0.15, 0.2) is 0 Å². The minimum absolute atomic E-state index is 0.224. The van der Waals surface area contributed by atoms with Crippen LogP contribution in [-0.4, -0.2) is 24.4 Å². The normalized spacial score (nSPS) is 13.5. The molecule has 0 bridgehead atoms. The fourth-order valence-corrected chi connectivity index (χ4v) is 1.07. The van der Waals surface area contributed by atoms with Crippen molar-refractivity contribution in [3.8, 4) is 0 Å². The summed E-state index contributed by atoms with van der Waals surface area (Å²) in [6, 6.07) is 0. The lowest BCUT2D eigenvalue weighted by atomic mass is 9.89. The van der Waals surface area contributed by atoms with Gasteiger partial charge in [0.2, 0.25) is 0 Å². The SMILES string of the molecule is CCOC(C)(C)C(C)(C)OCC. The van der Waals surface area contributed by atoms with Gasteiger partial charge in [-0.2, -0.15) is 0 Å². The van der Waals surface area contributed by atoms with Crippen molar-refractivity contribution in [1.82, 2.24) is 0 Å². The second-order valence-electron chi connectivity index (χ2n) is 3.89. The predicted octanol–water partition coefficient (Wildman–Crippen LogP) is 2.62. The maximum Gasteiger partial charge on any atom is 0.0909 e. The van der Waals surface area contributed by atoms with E-state index in [1.54, 1.807) is 0 Å². The van der Waals surface area contributed by atoms with Gasteiger partial charge in [-0.25, -0.2) is 0 Å². The Balaban J connectivity index is 4.28. The summed E-state index contributed by atoms with van der Waals surface area (Å²) in [6.45, 7) is 13.7. The summed E-state index contributed by atoms with van der Waals surface area (Å²) in [7, 11) is 0. The minimum atomic E-state index is -0.224. The van der Waals surface area contributed by atoms with Crippen molar-refractivity contribution < 1.29 is 9.47 Å². The molecule has 0 N–H and O–H groups in total. The summed E-state index contributed by atoms with van der Waals surface area (Å²) in [6.07, 6.45) is 0. The lowest BCUT2D eigenvalue weighted by Gasteiger charge is -2.40. The topological polar surface area (TPSA) is 18.5 Å². The molecular formula is C10H22O2. The third-order valence-corrected chi connectivity index (χ3v) is 2.46. The van der Waals surface area contributed by atoms with Gasteiger partial charge in [-0.1, -0.05) is 0 Å². The lowest BCUT2D eigenvalue weighted by Crippen LogP contribution is -2.49. The molecule has 0 radical (unpaired) electrons. The first-order valence-corrected chi connectivity index (χ1v) is 4.65. The van der Waals surface area contributed by atoms with Crippen molar-refractivity contribution >= 4 is 0 Å². The summed E-state index contributed by atoms with van der Waals surface area (Å²) >= 11 is 0. The lowest BCUT2D eigenvalue weighted by molar-refractivity contribution is -0.171. The zero-order chi connectivity index (χ0) is 9.83. The van der Waals surface area contributed by atoms with Gasteiger partial charge in [-0.05, 0) is 41.5 Å². The maximum atomic E-state index is 5.62. The first kappa shape index (κ1) is 11.9. The van der Waals surface area contributed by atoms with Gasteiger partial charge in [0, 0.05) is 13.2 Å². The summed E-state index contributed by atoms with van der Waals surface area (Å²) < 4.78 is 11.2.